The maximum absolute atomic E-state index is 12.3. The van der Waals surface area contributed by atoms with Crippen LogP contribution in [0, 0.1) is 0 Å². The van der Waals surface area contributed by atoms with Gasteiger partial charge in [-0.1, -0.05) is 6.92 Å². The van der Waals surface area contributed by atoms with Gasteiger partial charge in [0, 0.05) is 45.5 Å². The zero-order valence-electron chi connectivity index (χ0n) is 12.0. The van der Waals surface area contributed by atoms with Crippen LogP contribution in [-0.4, -0.2) is 57.7 Å². The average molecular weight is 265 g/mol. The number of rotatable bonds is 3. The molecule has 2 N–H and O–H groups in total. The van der Waals surface area contributed by atoms with Crippen molar-refractivity contribution in [1.29, 1.82) is 0 Å². The summed E-state index contributed by atoms with van der Waals surface area (Å²) in [6, 6.07) is 0.581. The van der Waals surface area contributed by atoms with Crippen molar-refractivity contribution in [2.45, 2.75) is 26.3 Å². The van der Waals surface area contributed by atoms with Crippen molar-refractivity contribution in [1.82, 2.24) is 19.6 Å². The molecule has 0 radical (unpaired) electrons. The summed E-state index contributed by atoms with van der Waals surface area (Å²) in [5.41, 5.74) is 6.63. The first-order chi connectivity index (χ1) is 9.02. The monoisotopic (exact) mass is 265 g/mol. The van der Waals surface area contributed by atoms with Gasteiger partial charge in [-0.15, -0.1) is 0 Å². The Kier molecular flexibility index (Phi) is 4.09. The Bertz CT molecular complexity index is 448. The molecule has 106 valence electrons. The van der Waals surface area contributed by atoms with E-state index in [-0.39, 0.29) is 5.91 Å². The molecule has 0 spiro atoms. The van der Waals surface area contributed by atoms with Crippen LogP contribution in [-0.2, 0) is 7.05 Å². The van der Waals surface area contributed by atoms with Gasteiger partial charge in [0.05, 0.1) is 5.69 Å². The van der Waals surface area contributed by atoms with Crippen LogP contribution >= 0.6 is 0 Å². The molecule has 0 aromatic carbocycles. The number of piperazine rings is 1. The van der Waals surface area contributed by atoms with Crippen molar-refractivity contribution in [3.63, 3.8) is 0 Å². The molecule has 1 unspecified atom stereocenters. The van der Waals surface area contributed by atoms with E-state index in [0.717, 1.165) is 32.6 Å². The largest absolute Gasteiger partial charge is 0.396 e. The number of nitrogens with two attached hydrogens (primary N) is 1. The first-order valence-electron chi connectivity index (χ1n) is 6.85. The lowest BCUT2D eigenvalue weighted by Gasteiger charge is -2.37. The second kappa shape index (κ2) is 5.61. The Morgan fingerprint density at radius 2 is 2.05 bits per heavy atom. The summed E-state index contributed by atoms with van der Waals surface area (Å²) in [4.78, 5) is 16.6. The number of nitrogen functional groups attached to an aromatic ring is 1. The molecule has 1 aliphatic rings. The molecular weight excluding hydrogens is 242 g/mol. The number of anilines is 1. The third-order valence-corrected chi connectivity index (χ3v) is 3.88. The fourth-order valence-electron chi connectivity index (χ4n) is 2.45. The van der Waals surface area contributed by atoms with Gasteiger partial charge in [0.25, 0.3) is 5.91 Å². The van der Waals surface area contributed by atoms with Gasteiger partial charge in [0.2, 0.25) is 0 Å². The minimum atomic E-state index is -0.0538. The predicted molar refractivity (Wildman–Crippen MR) is 74.8 cm³/mol. The van der Waals surface area contributed by atoms with Crippen LogP contribution in [0.25, 0.3) is 0 Å². The number of carbonyl (C=O) groups excluding carboxylic acids is 1. The number of aryl methyl sites for hydroxylation is 1. The molecule has 19 heavy (non-hydrogen) atoms. The second-order valence-corrected chi connectivity index (χ2v) is 5.19. The Hall–Kier alpha value is -1.56. The van der Waals surface area contributed by atoms with Crippen LogP contribution in [0.4, 0.5) is 5.69 Å². The van der Waals surface area contributed by atoms with Crippen molar-refractivity contribution in [2.24, 2.45) is 7.05 Å². The van der Waals surface area contributed by atoms with E-state index in [0.29, 0.717) is 17.4 Å². The maximum Gasteiger partial charge on any atom is 0.276 e. The van der Waals surface area contributed by atoms with E-state index < -0.39 is 0 Å². The zero-order chi connectivity index (χ0) is 14.0. The summed E-state index contributed by atoms with van der Waals surface area (Å²) in [6.07, 6.45) is 2.81. The molecule has 0 bridgehead atoms. The van der Waals surface area contributed by atoms with Gasteiger partial charge < -0.3 is 10.6 Å². The first-order valence-corrected chi connectivity index (χ1v) is 6.85. The topological polar surface area (TPSA) is 67.4 Å². The third-order valence-electron chi connectivity index (χ3n) is 3.88. The summed E-state index contributed by atoms with van der Waals surface area (Å²) in [7, 11) is 1.77. The Morgan fingerprint density at radius 1 is 1.42 bits per heavy atom. The van der Waals surface area contributed by atoms with Crippen LogP contribution < -0.4 is 5.73 Å². The quantitative estimate of drug-likeness (QED) is 0.867. The van der Waals surface area contributed by atoms with Gasteiger partial charge in [-0.25, -0.2) is 0 Å². The SMILES string of the molecule is CCC(C)N1CCN(C(=O)c2nn(C)cc2N)CC1. The van der Waals surface area contributed by atoms with E-state index in [1.165, 1.54) is 0 Å². The molecule has 1 atom stereocenters. The number of hydrogen-bond donors (Lipinski definition) is 1. The fraction of sp³-hybridized carbons (Fsp3) is 0.692. The smallest absolute Gasteiger partial charge is 0.276 e. The molecular formula is C13H23N5O. The van der Waals surface area contributed by atoms with Gasteiger partial charge in [-0.2, -0.15) is 5.10 Å². The highest BCUT2D eigenvalue weighted by atomic mass is 16.2. The van der Waals surface area contributed by atoms with Gasteiger partial charge in [-0.05, 0) is 13.3 Å². The van der Waals surface area contributed by atoms with Gasteiger partial charge in [-0.3, -0.25) is 14.4 Å². The van der Waals surface area contributed by atoms with E-state index >= 15 is 0 Å². The summed E-state index contributed by atoms with van der Waals surface area (Å²) in [5, 5.41) is 4.14. The number of amides is 1. The van der Waals surface area contributed by atoms with E-state index in [1.807, 2.05) is 4.90 Å². The van der Waals surface area contributed by atoms with Crippen molar-refractivity contribution in [2.75, 3.05) is 31.9 Å². The van der Waals surface area contributed by atoms with Crippen molar-refractivity contribution >= 4 is 11.6 Å². The summed E-state index contributed by atoms with van der Waals surface area (Å²) < 4.78 is 1.58. The van der Waals surface area contributed by atoms with Crippen LogP contribution in [0.2, 0.25) is 0 Å². The van der Waals surface area contributed by atoms with Crippen LogP contribution in [0.5, 0.6) is 0 Å². The molecule has 1 aromatic heterocycles. The lowest BCUT2D eigenvalue weighted by Crippen LogP contribution is -2.51. The standard InChI is InChI=1S/C13H23N5O/c1-4-10(2)17-5-7-18(8-6-17)13(19)12-11(14)9-16(3)15-12/h9-10H,4-8,14H2,1-3H3. The van der Waals surface area contributed by atoms with Crippen LogP contribution in [0.15, 0.2) is 6.20 Å². The van der Waals surface area contributed by atoms with Gasteiger partial charge in [0.15, 0.2) is 5.69 Å². The van der Waals surface area contributed by atoms with Crippen molar-refractivity contribution < 1.29 is 4.79 Å². The van der Waals surface area contributed by atoms with Crippen molar-refractivity contribution in [3.8, 4) is 0 Å². The van der Waals surface area contributed by atoms with Gasteiger partial charge in [0.1, 0.15) is 0 Å². The molecule has 1 amide bonds. The number of nitrogens with zero attached hydrogens (tertiary/aromatic N) is 4. The first kappa shape index (κ1) is 13.9. The summed E-state index contributed by atoms with van der Waals surface area (Å²) in [6.45, 7) is 7.77. The highest BCUT2D eigenvalue weighted by Gasteiger charge is 2.26. The minimum Gasteiger partial charge on any atom is -0.396 e. The average Bonchev–Trinajstić information content (AvgIpc) is 2.76. The Balaban J connectivity index is 1.98. The number of carbonyl (C=O) groups is 1. The van der Waals surface area contributed by atoms with Crippen LogP contribution in [0.3, 0.4) is 0 Å². The zero-order valence-corrected chi connectivity index (χ0v) is 12.0. The number of hydrogen-bond acceptors (Lipinski definition) is 4. The summed E-state index contributed by atoms with van der Waals surface area (Å²) >= 11 is 0. The molecule has 6 heteroatoms. The molecule has 0 saturated carbocycles. The highest BCUT2D eigenvalue weighted by Crippen LogP contribution is 2.14. The molecule has 2 heterocycles. The van der Waals surface area contributed by atoms with E-state index in [2.05, 4.69) is 23.8 Å². The van der Waals surface area contributed by atoms with E-state index in [1.54, 1.807) is 17.9 Å². The maximum atomic E-state index is 12.3. The third kappa shape index (κ3) is 2.89. The minimum absolute atomic E-state index is 0.0538. The molecule has 2 rings (SSSR count). The van der Waals surface area contributed by atoms with Crippen molar-refractivity contribution in [3.05, 3.63) is 11.9 Å². The lowest BCUT2D eigenvalue weighted by molar-refractivity contribution is 0.0574. The summed E-state index contributed by atoms with van der Waals surface area (Å²) in [5.74, 6) is -0.0538. The number of aromatic nitrogens is 2. The second-order valence-electron chi connectivity index (χ2n) is 5.19. The molecule has 1 fully saturated rings. The Morgan fingerprint density at radius 3 is 2.53 bits per heavy atom. The lowest BCUT2D eigenvalue weighted by atomic mass is 10.2. The molecule has 0 aliphatic carbocycles. The normalized spacial score (nSPS) is 18.6. The molecule has 6 nitrogen and oxygen atoms in total. The van der Waals surface area contributed by atoms with E-state index in [9.17, 15) is 4.79 Å². The molecule has 1 aromatic rings. The van der Waals surface area contributed by atoms with Gasteiger partial charge >= 0.3 is 0 Å². The van der Waals surface area contributed by atoms with Crippen LogP contribution in [0.1, 0.15) is 30.8 Å². The Labute approximate surface area is 114 Å². The van der Waals surface area contributed by atoms with E-state index in [4.69, 9.17) is 5.73 Å². The molecule has 1 aliphatic heterocycles. The fourth-order valence-corrected chi connectivity index (χ4v) is 2.45. The predicted octanol–water partition coefficient (Wildman–Crippen LogP) is 0.559. The highest BCUT2D eigenvalue weighted by molar-refractivity contribution is 5.97. The molecule has 1 saturated heterocycles.